The monoisotopic (exact) mass is 395 g/mol. The molecule has 3 heterocycles. The molecule has 0 spiro atoms. The minimum absolute atomic E-state index is 0.143. The lowest BCUT2D eigenvalue weighted by Crippen LogP contribution is -2.40. The maximum Gasteiger partial charge on any atom is 0.325 e. The first-order valence-electron chi connectivity index (χ1n) is 8.93. The summed E-state index contributed by atoms with van der Waals surface area (Å²) < 4.78 is 12.2. The van der Waals surface area contributed by atoms with Gasteiger partial charge in [0, 0.05) is 0 Å². The van der Waals surface area contributed by atoms with Gasteiger partial charge in [-0.3, -0.25) is 9.69 Å². The van der Waals surface area contributed by atoms with Crippen molar-refractivity contribution in [2.24, 2.45) is 0 Å². The van der Waals surface area contributed by atoms with Crippen LogP contribution in [0, 0.1) is 0 Å². The molecule has 1 fully saturated rings. The number of urea groups is 1. The number of aromatic nitrogens is 1. The van der Waals surface area contributed by atoms with Gasteiger partial charge in [0.15, 0.2) is 11.5 Å². The van der Waals surface area contributed by atoms with Crippen molar-refractivity contribution in [2.45, 2.75) is 19.0 Å². The average molecular weight is 395 g/mol. The summed E-state index contributed by atoms with van der Waals surface area (Å²) in [5, 5.41) is 3.54. The zero-order chi connectivity index (χ0) is 19.3. The van der Waals surface area contributed by atoms with Crippen molar-refractivity contribution in [1.82, 2.24) is 15.2 Å². The molecular weight excluding hydrogens is 378 g/mol. The predicted molar refractivity (Wildman–Crippen MR) is 103 cm³/mol. The zero-order valence-electron chi connectivity index (χ0n) is 15.1. The van der Waals surface area contributed by atoms with Gasteiger partial charge < -0.3 is 14.8 Å². The van der Waals surface area contributed by atoms with Crippen molar-refractivity contribution in [3.63, 3.8) is 0 Å². The molecular formula is C20H17N3O4S. The average Bonchev–Trinajstić information content (AvgIpc) is 3.22. The van der Waals surface area contributed by atoms with Crippen LogP contribution in [-0.2, 0) is 16.9 Å². The van der Waals surface area contributed by atoms with E-state index in [9.17, 15) is 9.59 Å². The second-order valence-corrected chi connectivity index (χ2v) is 8.00. The second-order valence-electron chi connectivity index (χ2n) is 6.88. The third kappa shape index (κ3) is 2.60. The number of fused-ring (bicyclic) bond motifs is 2. The number of benzene rings is 2. The fourth-order valence-electron chi connectivity index (χ4n) is 3.51. The van der Waals surface area contributed by atoms with Crippen molar-refractivity contribution in [3.05, 3.63) is 53.0 Å². The molecule has 0 aliphatic carbocycles. The van der Waals surface area contributed by atoms with Crippen LogP contribution in [0.2, 0.25) is 0 Å². The van der Waals surface area contributed by atoms with Gasteiger partial charge in [-0.25, -0.2) is 9.78 Å². The fourth-order valence-corrected chi connectivity index (χ4v) is 4.47. The number of nitrogens with zero attached hydrogens (tertiary/aromatic N) is 2. The summed E-state index contributed by atoms with van der Waals surface area (Å²) in [4.78, 5) is 31.5. The number of rotatable bonds is 3. The van der Waals surface area contributed by atoms with Crippen LogP contribution in [-0.4, -0.2) is 35.0 Å². The highest BCUT2D eigenvalue weighted by Gasteiger charge is 2.49. The smallest absolute Gasteiger partial charge is 0.325 e. The summed E-state index contributed by atoms with van der Waals surface area (Å²) in [6.07, 6.45) is 0. The standard InChI is InChI=1S/C20H17N3O4S/c1-20(12-6-7-14-15(10-12)27-9-8-26-14)18(24)23(19(25)22-20)11-17-21-13-4-2-3-5-16(13)28-17/h2-7,10H,8-9,11H2,1H3,(H,22,25)/t20-/m1/s1. The zero-order valence-corrected chi connectivity index (χ0v) is 15.9. The van der Waals surface area contributed by atoms with Gasteiger partial charge in [-0.05, 0) is 36.8 Å². The number of hydrogen-bond acceptors (Lipinski definition) is 6. The van der Waals surface area contributed by atoms with E-state index in [2.05, 4.69) is 10.3 Å². The van der Waals surface area contributed by atoms with Crippen LogP contribution in [0.3, 0.4) is 0 Å². The topological polar surface area (TPSA) is 80.8 Å². The van der Waals surface area contributed by atoms with E-state index in [4.69, 9.17) is 9.47 Å². The summed E-state index contributed by atoms with van der Waals surface area (Å²) in [5.74, 6) is 0.909. The number of thiazole rings is 1. The van der Waals surface area contributed by atoms with Crippen LogP contribution in [0.5, 0.6) is 11.5 Å². The fraction of sp³-hybridized carbons (Fsp3) is 0.250. The lowest BCUT2D eigenvalue weighted by atomic mass is 9.91. The highest BCUT2D eigenvalue weighted by molar-refractivity contribution is 7.18. The molecule has 2 aromatic carbocycles. The van der Waals surface area contributed by atoms with Gasteiger partial charge in [0.1, 0.15) is 23.8 Å². The Balaban J connectivity index is 1.44. The van der Waals surface area contributed by atoms with Crippen molar-refractivity contribution in [3.8, 4) is 11.5 Å². The minimum Gasteiger partial charge on any atom is -0.486 e. The lowest BCUT2D eigenvalue weighted by Gasteiger charge is -2.25. The molecule has 0 unspecified atom stereocenters. The van der Waals surface area contributed by atoms with Crippen molar-refractivity contribution in [2.75, 3.05) is 13.2 Å². The minimum atomic E-state index is -1.16. The van der Waals surface area contributed by atoms with Gasteiger partial charge in [0.25, 0.3) is 5.91 Å². The van der Waals surface area contributed by atoms with E-state index in [-0.39, 0.29) is 12.5 Å². The molecule has 1 N–H and O–H groups in total. The van der Waals surface area contributed by atoms with Crippen molar-refractivity contribution >= 4 is 33.5 Å². The number of ether oxygens (including phenoxy) is 2. The Labute approximate surface area is 164 Å². The number of imide groups is 1. The number of para-hydroxylation sites is 1. The van der Waals surface area contributed by atoms with Crippen LogP contribution in [0.15, 0.2) is 42.5 Å². The molecule has 0 saturated carbocycles. The highest BCUT2D eigenvalue weighted by Crippen LogP contribution is 2.37. The van der Waals surface area contributed by atoms with Crippen LogP contribution in [0.1, 0.15) is 17.5 Å². The summed E-state index contributed by atoms with van der Waals surface area (Å²) in [6, 6.07) is 12.6. The summed E-state index contributed by atoms with van der Waals surface area (Å²) in [5.41, 5.74) is 0.356. The SMILES string of the molecule is C[C@]1(c2ccc3c(c2)OCCO3)NC(=O)N(Cc2nc3ccccc3s2)C1=O. The summed E-state index contributed by atoms with van der Waals surface area (Å²) in [7, 11) is 0. The van der Waals surface area contributed by atoms with Gasteiger partial charge in [-0.1, -0.05) is 18.2 Å². The Hall–Kier alpha value is -3.13. The van der Waals surface area contributed by atoms with E-state index in [0.717, 1.165) is 15.2 Å². The number of carbonyl (C=O) groups is 2. The Morgan fingerprint density at radius 1 is 1.14 bits per heavy atom. The molecule has 3 amide bonds. The number of nitrogens with one attached hydrogen (secondary N) is 1. The Kier molecular flexibility index (Phi) is 3.77. The largest absolute Gasteiger partial charge is 0.486 e. The molecule has 2 aliphatic heterocycles. The predicted octanol–water partition coefficient (Wildman–Crippen LogP) is 3.03. The van der Waals surface area contributed by atoms with Gasteiger partial charge in [0.2, 0.25) is 0 Å². The lowest BCUT2D eigenvalue weighted by molar-refractivity contribution is -0.131. The maximum absolute atomic E-state index is 13.2. The molecule has 1 atom stereocenters. The van der Waals surface area contributed by atoms with Gasteiger partial charge >= 0.3 is 6.03 Å². The molecule has 28 heavy (non-hydrogen) atoms. The molecule has 7 nitrogen and oxygen atoms in total. The van der Waals surface area contributed by atoms with E-state index >= 15 is 0 Å². The third-order valence-corrected chi connectivity index (χ3v) is 6.05. The molecule has 3 aromatic rings. The van der Waals surface area contributed by atoms with Gasteiger partial charge in [-0.15, -0.1) is 11.3 Å². The Bertz CT molecular complexity index is 1080. The van der Waals surface area contributed by atoms with E-state index in [1.807, 2.05) is 24.3 Å². The molecule has 8 heteroatoms. The van der Waals surface area contributed by atoms with Crippen LogP contribution < -0.4 is 14.8 Å². The normalized spacial score (nSPS) is 21.2. The summed E-state index contributed by atoms with van der Waals surface area (Å²) >= 11 is 1.48. The molecule has 142 valence electrons. The van der Waals surface area contributed by atoms with Crippen molar-refractivity contribution in [1.29, 1.82) is 0 Å². The first-order valence-corrected chi connectivity index (χ1v) is 9.75. The highest BCUT2D eigenvalue weighted by atomic mass is 32.1. The van der Waals surface area contributed by atoms with Crippen LogP contribution in [0.25, 0.3) is 10.2 Å². The Morgan fingerprint density at radius 2 is 1.93 bits per heavy atom. The van der Waals surface area contributed by atoms with Crippen LogP contribution >= 0.6 is 11.3 Å². The molecule has 2 aliphatic rings. The van der Waals surface area contributed by atoms with E-state index in [1.54, 1.807) is 25.1 Å². The first-order chi connectivity index (χ1) is 13.5. The molecule has 0 bridgehead atoms. The first kappa shape index (κ1) is 17.0. The molecule has 1 aromatic heterocycles. The van der Waals surface area contributed by atoms with Crippen LogP contribution in [0.4, 0.5) is 4.79 Å². The van der Waals surface area contributed by atoms with E-state index < -0.39 is 11.6 Å². The third-order valence-electron chi connectivity index (χ3n) is 5.03. The number of hydrogen-bond donors (Lipinski definition) is 1. The molecule has 1 saturated heterocycles. The quantitative estimate of drug-likeness (QED) is 0.690. The number of amides is 3. The molecule has 5 rings (SSSR count). The van der Waals surface area contributed by atoms with E-state index in [1.165, 1.54) is 16.2 Å². The molecule has 0 radical (unpaired) electrons. The number of carbonyl (C=O) groups excluding carboxylic acids is 2. The van der Waals surface area contributed by atoms with Crippen molar-refractivity contribution < 1.29 is 19.1 Å². The second kappa shape index (κ2) is 6.20. The summed E-state index contributed by atoms with van der Waals surface area (Å²) in [6.45, 7) is 2.80. The van der Waals surface area contributed by atoms with E-state index in [0.29, 0.717) is 30.3 Å². The van der Waals surface area contributed by atoms with Gasteiger partial charge in [-0.2, -0.15) is 0 Å². The van der Waals surface area contributed by atoms with Gasteiger partial charge in [0.05, 0.1) is 16.8 Å². The maximum atomic E-state index is 13.2. The Morgan fingerprint density at radius 3 is 2.75 bits per heavy atom.